The number of anilines is 2. The number of para-hydroxylation sites is 1. The number of barbiturate groups is 1. The van der Waals surface area contributed by atoms with Crippen LogP contribution in [0, 0.1) is 5.41 Å². The molecule has 148 valence electrons. The van der Waals surface area contributed by atoms with E-state index in [2.05, 4.69) is 10.2 Å². The van der Waals surface area contributed by atoms with Crippen LogP contribution < -0.4 is 19.9 Å². The van der Waals surface area contributed by atoms with E-state index >= 15 is 0 Å². The maximum atomic E-state index is 13.8. The highest BCUT2D eigenvalue weighted by molar-refractivity contribution is 6.30. The second-order valence-electron chi connectivity index (χ2n) is 7.73. The molecule has 3 aliphatic heterocycles. The Balaban J connectivity index is 1.62. The van der Waals surface area contributed by atoms with Crippen LogP contribution in [0.5, 0.6) is 5.75 Å². The fourth-order valence-corrected chi connectivity index (χ4v) is 5.00. The average Bonchev–Trinajstić information content (AvgIpc) is 3.23. The minimum Gasteiger partial charge on any atom is -0.497 e. The van der Waals surface area contributed by atoms with Crippen LogP contribution in [0.4, 0.5) is 16.2 Å². The van der Waals surface area contributed by atoms with E-state index in [1.165, 1.54) is 0 Å². The Bertz CT molecular complexity index is 1020. The molecule has 4 amide bonds. The molecule has 2 fully saturated rings. The summed E-state index contributed by atoms with van der Waals surface area (Å²) >= 11 is 0. The van der Waals surface area contributed by atoms with Crippen LogP contribution in [0.15, 0.2) is 48.5 Å². The first-order valence-corrected chi connectivity index (χ1v) is 9.75. The standard InChI is InChI=1S/C22H21N3O4/c1-29-16-10-8-15(9-11-16)25-20(27)22(19(26)23-21(25)28)13-14-5-2-3-6-17(14)24-12-4-7-18(22)24/h2-3,5-6,8-11,18H,4,7,12-13H2,1H3,(H,23,26,28). The Morgan fingerprint density at radius 3 is 2.59 bits per heavy atom. The number of hydrogen-bond donors (Lipinski definition) is 1. The molecule has 0 bridgehead atoms. The summed E-state index contributed by atoms with van der Waals surface area (Å²) in [6.45, 7) is 0.792. The fourth-order valence-electron chi connectivity index (χ4n) is 5.00. The van der Waals surface area contributed by atoms with Gasteiger partial charge in [0.05, 0.1) is 18.8 Å². The highest BCUT2D eigenvalue weighted by Crippen LogP contribution is 2.48. The van der Waals surface area contributed by atoms with Gasteiger partial charge in [-0.15, -0.1) is 0 Å². The van der Waals surface area contributed by atoms with Crippen LogP contribution in [0.2, 0.25) is 0 Å². The normalized spacial score (nSPS) is 25.7. The molecule has 7 nitrogen and oxygen atoms in total. The van der Waals surface area contributed by atoms with Gasteiger partial charge in [0, 0.05) is 12.2 Å². The molecule has 2 atom stereocenters. The lowest BCUT2D eigenvalue weighted by molar-refractivity contribution is -0.144. The van der Waals surface area contributed by atoms with Crippen molar-refractivity contribution in [2.24, 2.45) is 5.41 Å². The molecule has 2 aromatic carbocycles. The molecule has 7 heteroatoms. The van der Waals surface area contributed by atoms with Gasteiger partial charge < -0.3 is 9.64 Å². The summed E-state index contributed by atoms with van der Waals surface area (Å²) in [4.78, 5) is 42.9. The number of urea groups is 1. The molecule has 2 saturated heterocycles. The number of benzene rings is 2. The average molecular weight is 391 g/mol. The lowest BCUT2D eigenvalue weighted by Gasteiger charge is -2.49. The summed E-state index contributed by atoms with van der Waals surface area (Å²) in [5.41, 5.74) is 1.13. The van der Waals surface area contributed by atoms with Crippen molar-refractivity contribution in [2.45, 2.75) is 25.3 Å². The van der Waals surface area contributed by atoms with E-state index in [4.69, 9.17) is 4.74 Å². The van der Waals surface area contributed by atoms with Gasteiger partial charge in [0.2, 0.25) is 5.91 Å². The topological polar surface area (TPSA) is 79.0 Å². The van der Waals surface area contributed by atoms with Gasteiger partial charge in [-0.2, -0.15) is 0 Å². The maximum absolute atomic E-state index is 13.8. The molecule has 0 saturated carbocycles. The maximum Gasteiger partial charge on any atom is 0.335 e. The Morgan fingerprint density at radius 1 is 1.07 bits per heavy atom. The highest BCUT2D eigenvalue weighted by atomic mass is 16.5. The van der Waals surface area contributed by atoms with Crippen LogP contribution in [0.1, 0.15) is 18.4 Å². The number of hydrogen-bond acceptors (Lipinski definition) is 5. The number of ether oxygens (including phenoxy) is 1. The zero-order chi connectivity index (χ0) is 20.2. The van der Waals surface area contributed by atoms with E-state index in [0.717, 1.165) is 35.5 Å². The number of fused-ring (bicyclic) bond motifs is 4. The quantitative estimate of drug-likeness (QED) is 0.796. The van der Waals surface area contributed by atoms with Crippen molar-refractivity contribution in [1.82, 2.24) is 5.32 Å². The number of carbonyl (C=O) groups excluding carboxylic acids is 3. The first-order valence-electron chi connectivity index (χ1n) is 9.75. The van der Waals surface area contributed by atoms with Crippen molar-refractivity contribution >= 4 is 29.2 Å². The zero-order valence-corrected chi connectivity index (χ0v) is 16.1. The number of rotatable bonds is 2. The van der Waals surface area contributed by atoms with Gasteiger partial charge in [-0.25, -0.2) is 9.69 Å². The van der Waals surface area contributed by atoms with Crippen molar-refractivity contribution in [2.75, 3.05) is 23.5 Å². The molecule has 29 heavy (non-hydrogen) atoms. The molecule has 0 aromatic heterocycles. The van der Waals surface area contributed by atoms with Gasteiger partial charge in [-0.05, 0) is 55.2 Å². The molecule has 1 N–H and O–H groups in total. The van der Waals surface area contributed by atoms with Crippen molar-refractivity contribution in [1.29, 1.82) is 0 Å². The molecule has 3 heterocycles. The van der Waals surface area contributed by atoms with Crippen molar-refractivity contribution in [3.8, 4) is 5.75 Å². The molecule has 2 unspecified atom stereocenters. The van der Waals surface area contributed by atoms with Crippen molar-refractivity contribution in [3.63, 3.8) is 0 Å². The minimum atomic E-state index is -1.32. The van der Waals surface area contributed by atoms with Crippen LogP contribution in [-0.4, -0.2) is 37.5 Å². The third-order valence-electron chi connectivity index (χ3n) is 6.34. The lowest BCUT2D eigenvalue weighted by Crippen LogP contribution is -2.71. The Labute approximate surface area is 168 Å². The van der Waals surface area contributed by atoms with Crippen LogP contribution in [0.25, 0.3) is 0 Å². The molecule has 1 spiro atoms. The number of amides is 4. The zero-order valence-electron chi connectivity index (χ0n) is 16.1. The highest BCUT2D eigenvalue weighted by Gasteiger charge is 2.62. The number of imide groups is 2. The summed E-state index contributed by atoms with van der Waals surface area (Å²) in [5.74, 6) is -0.329. The Kier molecular flexibility index (Phi) is 3.87. The van der Waals surface area contributed by atoms with Gasteiger partial charge in [0.25, 0.3) is 5.91 Å². The molecule has 0 aliphatic carbocycles. The second-order valence-corrected chi connectivity index (χ2v) is 7.73. The van der Waals surface area contributed by atoms with E-state index in [1.807, 2.05) is 24.3 Å². The van der Waals surface area contributed by atoms with Gasteiger partial charge in [0.1, 0.15) is 5.75 Å². The first kappa shape index (κ1) is 17.7. The SMILES string of the molecule is COc1ccc(N2C(=O)NC(=O)C3(Cc4ccccc4N4CCCC43)C2=O)cc1. The van der Waals surface area contributed by atoms with Gasteiger partial charge in [-0.3, -0.25) is 14.9 Å². The molecular formula is C22H21N3O4. The molecule has 0 radical (unpaired) electrons. The number of nitrogens with zero attached hydrogens (tertiary/aromatic N) is 2. The monoisotopic (exact) mass is 391 g/mol. The van der Waals surface area contributed by atoms with Crippen molar-refractivity contribution in [3.05, 3.63) is 54.1 Å². The van der Waals surface area contributed by atoms with Gasteiger partial charge in [0.15, 0.2) is 5.41 Å². The molecular weight excluding hydrogens is 370 g/mol. The lowest BCUT2D eigenvalue weighted by atomic mass is 9.68. The van der Waals surface area contributed by atoms with E-state index in [-0.39, 0.29) is 12.5 Å². The van der Waals surface area contributed by atoms with Gasteiger partial charge in [-0.1, -0.05) is 18.2 Å². The molecule has 5 rings (SSSR count). The Morgan fingerprint density at radius 2 is 1.83 bits per heavy atom. The number of carbonyl (C=O) groups is 3. The van der Waals surface area contributed by atoms with Crippen LogP contribution >= 0.6 is 0 Å². The van der Waals surface area contributed by atoms with E-state index < -0.39 is 23.3 Å². The predicted molar refractivity (Wildman–Crippen MR) is 107 cm³/mol. The summed E-state index contributed by atoms with van der Waals surface area (Å²) in [6.07, 6.45) is 1.92. The number of methoxy groups -OCH3 is 1. The Hall–Kier alpha value is -3.35. The third kappa shape index (κ3) is 2.40. The van der Waals surface area contributed by atoms with Crippen molar-refractivity contribution < 1.29 is 19.1 Å². The predicted octanol–water partition coefficient (Wildman–Crippen LogP) is 2.49. The largest absolute Gasteiger partial charge is 0.497 e. The number of nitrogens with one attached hydrogen (secondary N) is 1. The van der Waals surface area contributed by atoms with Crippen LogP contribution in [-0.2, 0) is 16.0 Å². The molecule has 3 aliphatic rings. The summed E-state index contributed by atoms with van der Waals surface area (Å²) < 4.78 is 5.17. The summed E-state index contributed by atoms with van der Waals surface area (Å²) in [7, 11) is 1.55. The first-order chi connectivity index (χ1) is 14.1. The summed E-state index contributed by atoms with van der Waals surface area (Å²) in [6, 6.07) is 13.6. The fraction of sp³-hybridized carbons (Fsp3) is 0.318. The van der Waals surface area contributed by atoms with E-state index in [0.29, 0.717) is 11.4 Å². The smallest absolute Gasteiger partial charge is 0.335 e. The second kappa shape index (κ2) is 6.34. The van der Waals surface area contributed by atoms with E-state index in [9.17, 15) is 14.4 Å². The summed E-state index contributed by atoms with van der Waals surface area (Å²) in [5, 5.41) is 2.46. The minimum absolute atomic E-state index is 0.265. The van der Waals surface area contributed by atoms with Gasteiger partial charge >= 0.3 is 6.03 Å². The van der Waals surface area contributed by atoms with E-state index in [1.54, 1.807) is 31.4 Å². The molecule has 2 aromatic rings. The van der Waals surface area contributed by atoms with Crippen LogP contribution in [0.3, 0.4) is 0 Å². The third-order valence-corrected chi connectivity index (χ3v) is 6.34.